The molecule has 1 heterocycles. The van der Waals surface area contributed by atoms with Crippen LogP contribution < -0.4 is 5.32 Å². The zero-order chi connectivity index (χ0) is 14.5. The van der Waals surface area contributed by atoms with Crippen molar-refractivity contribution in [3.63, 3.8) is 0 Å². The first-order valence-corrected chi connectivity index (χ1v) is 6.57. The lowest BCUT2D eigenvalue weighted by molar-refractivity contribution is -0.128. The maximum Gasteiger partial charge on any atom is 0.219 e. The Labute approximate surface area is 119 Å². The fourth-order valence-electron chi connectivity index (χ4n) is 1.91. The van der Waals surface area contributed by atoms with E-state index in [0.717, 1.165) is 17.1 Å². The molecule has 5 heteroatoms. The molecular weight excluding hydrogens is 252 g/mol. The Morgan fingerprint density at radius 2 is 2.25 bits per heavy atom. The quantitative estimate of drug-likeness (QED) is 0.906. The molecule has 0 bridgehead atoms. The summed E-state index contributed by atoms with van der Waals surface area (Å²) < 4.78 is 1.99. The predicted octanol–water partition coefficient (Wildman–Crippen LogP) is 2.01. The van der Waals surface area contributed by atoms with E-state index in [1.54, 1.807) is 25.1 Å². The van der Waals surface area contributed by atoms with E-state index < -0.39 is 0 Å². The Morgan fingerprint density at radius 1 is 1.45 bits per heavy atom. The monoisotopic (exact) mass is 272 g/mol. The van der Waals surface area contributed by atoms with Crippen LogP contribution in [0.2, 0.25) is 0 Å². The van der Waals surface area contributed by atoms with Crippen LogP contribution in [0.25, 0.3) is 0 Å². The minimum atomic E-state index is 0.0661. The van der Waals surface area contributed by atoms with Crippen molar-refractivity contribution in [3.8, 4) is 0 Å². The zero-order valence-electron chi connectivity index (χ0n) is 12.1. The maximum atomic E-state index is 11.3. The molecule has 1 amide bonds. The molecule has 2 aromatic rings. The maximum absolute atomic E-state index is 11.3. The molecule has 1 aromatic heterocycles. The molecule has 0 saturated heterocycles. The molecular formula is C15H20N4O. The average Bonchev–Trinajstić information content (AvgIpc) is 2.82. The molecule has 2 rings (SSSR count). The number of aromatic nitrogens is 2. The van der Waals surface area contributed by atoms with Crippen LogP contribution in [0.3, 0.4) is 0 Å². The fraction of sp³-hybridized carbons (Fsp3) is 0.333. The number of hydrogen-bond donors (Lipinski definition) is 1. The van der Waals surface area contributed by atoms with Crippen molar-refractivity contribution in [2.45, 2.75) is 20.0 Å². The number of carbonyl (C=O) groups is 1. The number of nitrogens with one attached hydrogen (secondary N) is 1. The van der Waals surface area contributed by atoms with Gasteiger partial charge in [-0.25, -0.2) is 4.98 Å². The third-order valence-corrected chi connectivity index (χ3v) is 3.26. The van der Waals surface area contributed by atoms with Gasteiger partial charge < -0.3 is 14.8 Å². The Balaban J connectivity index is 1.99. The highest BCUT2D eigenvalue weighted by Gasteiger charge is 2.04. The number of nitrogens with zero attached hydrogens (tertiary/aromatic N) is 3. The first-order valence-electron chi connectivity index (χ1n) is 6.57. The summed E-state index contributed by atoms with van der Waals surface area (Å²) in [6.45, 7) is 2.87. The van der Waals surface area contributed by atoms with Gasteiger partial charge in [-0.1, -0.05) is 12.1 Å². The highest BCUT2D eigenvalue weighted by atomic mass is 16.2. The molecule has 0 unspecified atom stereocenters. The lowest BCUT2D eigenvalue weighted by atomic mass is 10.2. The van der Waals surface area contributed by atoms with Crippen LogP contribution in [-0.4, -0.2) is 27.4 Å². The Morgan fingerprint density at radius 3 is 2.90 bits per heavy atom. The lowest BCUT2D eigenvalue weighted by Crippen LogP contribution is -2.23. The van der Waals surface area contributed by atoms with E-state index >= 15 is 0 Å². The number of benzene rings is 1. The number of carbonyl (C=O) groups excluding carboxylic acids is 1. The Kier molecular flexibility index (Phi) is 4.40. The fourth-order valence-corrected chi connectivity index (χ4v) is 1.91. The van der Waals surface area contributed by atoms with Gasteiger partial charge in [0, 0.05) is 45.6 Å². The molecule has 0 aliphatic heterocycles. The number of rotatable bonds is 5. The van der Waals surface area contributed by atoms with Gasteiger partial charge in [-0.15, -0.1) is 0 Å². The molecule has 0 aliphatic carbocycles. The third kappa shape index (κ3) is 3.60. The molecule has 0 spiro atoms. The molecule has 1 aromatic carbocycles. The van der Waals surface area contributed by atoms with Crippen LogP contribution in [0.1, 0.15) is 18.3 Å². The highest BCUT2D eigenvalue weighted by Crippen LogP contribution is 2.13. The van der Waals surface area contributed by atoms with Crippen LogP contribution in [-0.2, 0) is 24.9 Å². The van der Waals surface area contributed by atoms with Gasteiger partial charge in [0.1, 0.15) is 5.82 Å². The summed E-state index contributed by atoms with van der Waals surface area (Å²) in [5, 5.41) is 3.34. The van der Waals surface area contributed by atoms with Crippen molar-refractivity contribution in [1.29, 1.82) is 0 Å². The lowest BCUT2D eigenvalue weighted by Gasteiger charge is -2.15. The minimum absolute atomic E-state index is 0.0661. The van der Waals surface area contributed by atoms with Gasteiger partial charge in [0.15, 0.2) is 0 Å². The van der Waals surface area contributed by atoms with Gasteiger partial charge in [0.25, 0.3) is 0 Å². The largest absolute Gasteiger partial charge is 0.378 e. The summed E-state index contributed by atoms with van der Waals surface area (Å²) in [4.78, 5) is 17.2. The smallest absolute Gasteiger partial charge is 0.219 e. The molecule has 1 N–H and O–H groups in total. The first-order chi connectivity index (χ1) is 9.56. The van der Waals surface area contributed by atoms with E-state index in [-0.39, 0.29) is 5.91 Å². The molecule has 106 valence electrons. The Hall–Kier alpha value is -2.30. The van der Waals surface area contributed by atoms with E-state index in [2.05, 4.69) is 16.4 Å². The standard InChI is InChI=1S/C15H20N4O/c1-12(20)19(3)11-13-5-4-6-14(9-13)17-10-15-16-7-8-18(15)2/h4-9,17H,10-11H2,1-3H3. The van der Waals surface area contributed by atoms with Crippen molar-refractivity contribution in [2.24, 2.45) is 7.05 Å². The van der Waals surface area contributed by atoms with Crippen LogP contribution in [0, 0.1) is 0 Å². The van der Waals surface area contributed by atoms with Crippen molar-refractivity contribution in [2.75, 3.05) is 12.4 Å². The molecule has 0 radical (unpaired) electrons. The second-order valence-corrected chi connectivity index (χ2v) is 4.88. The Bertz CT molecular complexity index is 591. The van der Waals surface area contributed by atoms with E-state index in [1.165, 1.54) is 0 Å². The first kappa shape index (κ1) is 14.1. The van der Waals surface area contributed by atoms with Gasteiger partial charge in [-0.2, -0.15) is 0 Å². The normalized spacial score (nSPS) is 10.3. The molecule has 0 saturated carbocycles. The summed E-state index contributed by atoms with van der Waals surface area (Å²) in [6.07, 6.45) is 3.71. The van der Waals surface area contributed by atoms with Crippen LogP contribution >= 0.6 is 0 Å². The minimum Gasteiger partial charge on any atom is -0.378 e. The summed E-state index contributed by atoms with van der Waals surface area (Å²) >= 11 is 0. The second-order valence-electron chi connectivity index (χ2n) is 4.88. The van der Waals surface area contributed by atoms with Crippen LogP contribution in [0.5, 0.6) is 0 Å². The number of imidazole rings is 1. The summed E-state index contributed by atoms with van der Waals surface area (Å²) in [5.41, 5.74) is 2.13. The van der Waals surface area contributed by atoms with Gasteiger partial charge in [-0.3, -0.25) is 4.79 Å². The topological polar surface area (TPSA) is 50.2 Å². The van der Waals surface area contributed by atoms with E-state index in [9.17, 15) is 4.79 Å². The van der Waals surface area contributed by atoms with Gasteiger partial charge >= 0.3 is 0 Å². The number of anilines is 1. The van der Waals surface area contributed by atoms with Crippen molar-refractivity contribution < 1.29 is 4.79 Å². The summed E-state index contributed by atoms with van der Waals surface area (Å²) in [5.74, 6) is 1.05. The second kappa shape index (κ2) is 6.23. The molecule has 0 atom stereocenters. The molecule has 0 aliphatic rings. The SMILES string of the molecule is CC(=O)N(C)Cc1cccc(NCc2nccn2C)c1. The van der Waals surface area contributed by atoms with Crippen molar-refractivity contribution >= 4 is 11.6 Å². The van der Waals surface area contributed by atoms with Gasteiger partial charge in [0.05, 0.1) is 6.54 Å². The molecule has 20 heavy (non-hydrogen) atoms. The zero-order valence-corrected chi connectivity index (χ0v) is 12.1. The van der Waals surface area contributed by atoms with Crippen molar-refractivity contribution in [1.82, 2.24) is 14.5 Å². The molecule has 0 fully saturated rings. The van der Waals surface area contributed by atoms with E-state index in [0.29, 0.717) is 13.1 Å². The summed E-state index contributed by atoms with van der Waals surface area (Å²) in [6, 6.07) is 8.08. The average molecular weight is 272 g/mol. The summed E-state index contributed by atoms with van der Waals surface area (Å²) in [7, 11) is 3.78. The molecule has 5 nitrogen and oxygen atoms in total. The predicted molar refractivity (Wildman–Crippen MR) is 79.1 cm³/mol. The number of hydrogen-bond acceptors (Lipinski definition) is 3. The van der Waals surface area contributed by atoms with E-state index in [4.69, 9.17) is 0 Å². The van der Waals surface area contributed by atoms with E-state index in [1.807, 2.05) is 36.0 Å². The van der Waals surface area contributed by atoms with Crippen LogP contribution in [0.15, 0.2) is 36.7 Å². The van der Waals surface area contributed by atoms with Gasteiger partial charge in [0.2, 0.25) is 5.91 Å². The van der Waals surface area contributed by atoms with Crippen molar-refractivity contribution in [3.05, 3.63) is 48.0 Å². The van der Waals surface area contributed by atoms with Crippen LogP contribution in [0.4, 0.5) is 5.69 Å². The highest BCUT2D eigenvalue weighted by molar-refractivity contribution is 5.72. The van der Waals surface area contributed by atoms with Gasteiger partial charge in [-0.05, 0) is 17.7 Å². The third-order valence-electron chi connectivity index (χ3n) is 3.26. The number of aryl methyl sites for hydroxylation is 1. The number of amides is 1.